The fraction of sp³-hybridized carbons (Fsp3) is 0.478. The summed E-state index contributed by atoms with van der Waals surface area (Å²) in [5.74, 6) is -1.33. The number of nitrogens with one attached hydrogen (secondary N) is 1. The van der Waals surface area contributed by atoms with Crippen LogP contribution in [0.1, 0.15) is 38.6 Å². The van der Waals surface area contributed by atoms with Gasteiger partial charge in [-0.25, -0.2) is 4.39 Å². The first-order chi connectivity index (χ1) is 17.4. The van der Waals surface area contributed by atoms with Crippen molar-refractivity contribution in [2.75, 3.05) is 18.3 Å². The Kier molecular flexibility index (Phi) is 7.05. The molecule has 4 heterocycles. The number of halogens is 2. The molecule has 5 atom stereocenters. The van der Waals surface area contributed by atoms with E-state index in [0.29, 0.717) is 0 Å². The molecule has 11 nitrogen and oxygen atoms in total. The third-order valence-electron chi connectivity index (χ3n) is 6.19. The zero-order valence-corrected chi connectivity index (χ0v) is 21.9. The predicted molar refractivity (Wildman–Crippen MR) is 132 cm³/mol. The van der Waals surface area contributed by atoms with E-state index >= 15 is 4.39 Å². The molecular formula is C23H27ClFN4O7P. The number of nitrogens with zero attached hydrogens (tertiary/aromatic N) is 3. The van der Waals surface area contributed by atoms with Gasteiger partial charge in [0.1, 0.15) is 30.5 Å². The van der Waals surface area contributed by atoms with Crippen molar-refractivity contribution in [1.82, 2.24) is 14.5 Å². The summed E-state index contributed by atoms with van der Waals surface area (Å²) in [6.45, 7) is 5.22. The summed E-state index contributed by atoms with van der Waals surface area (Å²) in [4.78, 5) is 26.7. The zero-order chi connectivity index (χ0) is 26.5. The largest absolute Gasteiger partial charge is 0.366 e. The van der Waals surface area contributed by atoms with E-state index < -0.39 is 50.1 Å². The molecule has 200 valence electrons. The van der Waals surface area contributed by atoms with Crippen molar-refractivity contribution in [3.63, 3.8) is 0 Å². The van der Waals surface area contributed by atoms with Gasteiger partial charge in [-0.05, 0) is 37.9 Å². The first kappa shape index (κ1) is 26.5. The monoisotopic (exact) mass is 556 g/mol. The Balaban J connectivity index is 1.48. The highest BCUT2D eigenvalue weighted by atomic mass is 35.5. The summed E-state index contributed by atoms with van der Waals surface area (Å²) < 4.78 is 51.4. The SMILES string of the molecule is C[C@H](Nc1nc(Cl)nc2c1c(F)cn2[C@@H]1O[C@H](COCP(=O)(O)O)[C@H]2OC(C)(C)O[C@H]21)c1ccccc1. The molecule has 5 rings (SSSR count). The van der Waals surface area contributed by atoms with E-state index in [1.54, 1.807) is 13.8 Å². The van der Waals surface area contributed by atoms with Gasteiger partial charge < -0.3 is 38.6 Å². The van der Waals surface area contributed by atoms with Crippen molar-refractivity contribution in [2.45, 2.75) is 57.1 Å². The minimum atomic E-state index is -4.37. The van der Waals surface area contributed by atoms with Crippen molar-refractivity contribution in [1.29, 1.82) is 0 Å². The maximum Gasteiger partial charge on any atom is 0.350 e. The Morgan fingerprint density at radius 3 is 2.65 bits per heavy atom. The quantitative estimate of drug-likeness (QED) is 0.276. The van der Waals surface area contributed by atoms with E-state index in [4.69, 9.17) is 40.3 Å². The van der Waals surface area contributed by atoms with Crippen LogP contribution in [-0.2, 0) is 23.5 Å². The van der Waals surface area contributed by atoms with Crippen LogP contribution in [0.4, 0.5) is 10.2 Å². The lowest BCUT2D eigenvalue weighted by Crippen LogP contribution is -2.33. The third-order valence-corrected chi connectivity index (χ3v) is 6.88. The summed E-state index contributed by atoms with van der Waals surface area (Å²) in [6, 6.07) is 9.41. The number of hydrogen-bond donors (Lipinski definition) is 3. The normalized spacial score (nSPS) is 25.9. The Hall–Kier alpha value is -2.15. The van der Waals surface area contributed by atoms with Crippen molar-refractivity contribution in [3.05, 3.63) is 53.2 Å². The minimum Gasteiger partial charge on any atom is -0.366 e. The molecule has 0 unspecified atom stereocenters. The van der Waals surface area contributed by atoms with Crippen molar-refractivity contribution >= 4 is 36.0 Å². The second-order valence-corrected chi connectivity index (χ2v) is 11.4. The molecule has 1 aromatic carbocycles. The molecule has 2 fully saturated rings. The minimum absolute atomic E-state index is 0.0883. The van der Waals surface area contributed by atoms with Crippen LogP contribution in [0, 0.1) is 5.82 Å². The average Bonchev–Trinajstić information content (AvgIpc) is 3.42. The van der Waals surface area contributed by atoms with Gasteiger partial charge in [0.05, 0.1) is 12.0 Å². The molecule has 37 heavy (non-hydrogen) atoms. The van der Waals surface area contributed by atoms with Crippen LogP contribution in [-0.4, -0.2) is 61.4 Å². The summed E-state index contributed by atoms with van der Waals surface area (Å²) in [7, 11) is -4.37. The molecular weight excluding hydrogens is 530 g/mol. The van der Waals surface area contributed by atoms with Crippen LogP contribution in [0.15, 0.2) is 36.5 Å². The Bertz CT molecular complexity index is 1340. The molecule has 3 N–H and O–H groups in total. The first-order valence-corrected chi connectivity index (χ1v) is 13.8. The summed E-state index contributed by atoms with van der Waals surface area (Å²) in [5, 5.41) is 3.26. The number of fused-ring (bicyclic) bond motifs is 2. The number of rotatable bonds is 8. The molecule has 0 aliphatic carbocycles. The standard InChI is InChI=1S/C23H27ClFN4O7P/c1-12(13-7-5-4-6-8-13)26-19-16-14(25)9-29(20(16)28-22(24)27-19)21-18-17(35-23(2,3)36-18)15(34-21)10-33-11-37(30,31)32/h4-9,12,15,17-18,21H,10-11H2,1-3H3,(H,26,27,28)(H2,30,31,32)/t12-,15+,17+,18+,21+/m0/s1. The molecule has 0 bridgehead atoms. The maximum absolute atomic E-state index is 15.4. The van der Waals surface area contributed by atoms with Crippen LogP contribution >= 0.6 is 19.2 Å². The van der Waals surface area contributed by atoms with E-state index in [-0.39, 0.29) is 34.8 Å². The smallest absolute Gasteiger partial charge is 0.350 e. The van der Waals surface area contributed by atoms with Crippen LogP contribution < -0.4 is 5.32 Å². The lowest BCUT2D eigenvalue weighted by molar-refractivity contribution is -0.201. The summed E-state index contributed by atoms with van der Waals surface area (Å²) in [6.07, 6.45) is -2.46. The lowest BCUT2D eigenvalue weighted by atomic mass is 10.1. The Morgan fingerprint density at radius 1 is 1.24 bits per heavy atom. The van der Waals surface area contributed by atoms with Crippen molar-refractivity contribution < 1.29 is 37.7 Å². The highest BCUT2D eigenvalue weighted by Crippen LogP contribution is 2.45. The molecule has 2 aliphatic heterocycles. The fourth-order valence-corrected chi connectivity index (χ4v) is 5.22. The molecule has 0 spiro atoms. The van der Waals surface area contributed by atoms with Gasteiger partial charge in [0.15, 0.2) is 23.5 Å². The summed E-state index contributed by atoms with van der Waals surface area (Å²) in [5.41, 5.74) is 1.16. The van der Waals surface area contributed by atoms with Crippen molar-refractivity contribution in [3.8, 4) is 0 Å². The number of hydrogen-bond acceptors (Lipinski definition) is 8. The second kappa shape index (κ2) is 9.87. The van der Waals surface area contributed by atoms with Gasteiger partial charge in [0.2, 0.25) is 5.28 Å². The number of ether oxygens (including phenoxy) is 4. The van der Waals surface area contributed by atoms with Gasteiger partial charge in [0, 0.05) is 12.2 Å². The Morgan fingerprint density at radius 2 is 1.95 bits per heavy atom. The van der Waals surface area contributed by atoms with Crippen LogP contribution in [0.25, 0.3) is 11.0 Å². The van der Waals surface area contributed by atoms with E-state index in [1.807, 2.05) is 37.3 Å². The van der Waals surface area contributed by atoms with Crippen LogP contribution in [0.2, 0.25) is 5.28 Å². The number of anilines is 1. The first-order valence-electron chi connectivity index (χ1n) is 11.6. The van der Waals surface area contributed by atoms with E-state index in [9.17, 15) is 4.57 Å². The third kappa shape index (κ3) is 5.52. The molecule has 0 radical (unpaired) electrons. The number of benzene rings is 1. The molecule has 0 saturated carbocycles. The maximum atomic E-state index is 15.4. The van der Waals surface area contributed by atoms with Gasteiger partial charge in [0.25, 0.3) is 0 Å². The van der Waals surface area contributed by atoms with Crippen molar-refractivity contribution in [2.24, 2.45) is 0 Å². The average molecular weight is 557 g/mol. The second-order valence-electron chi connectivity index (χ2n) is 9.50. The molecule has 14 heteroatoms. The highest BCUT2D eigenvalue weighted by Gasteiger charge is 2.56. The molecule has 2 saturated heterocycles. The fourth-order valence-electron chi connectivity index (χ4n) is 4.71. The van der Waals surface area contributed by atoms with E-state index in [0.717, 1.165) is 5.56 Å². The van der Waals surface area contributed by atoms with Gasteiger partial charge in [-0.15, -0.1) is 0 Å². The lowest BCUT2D eigenvalue weighted by Gasteiger charge is -2.25. The van der Waals surface area contributed by atoms with Crippen LogP contribution in [0.3, 0.4) is 0 Å². The molecule has 3 aromatic rings. The predicted octanol–water partition coefficient (Wildman–Crippen LogP) is 3.97. The number of aromatic nitrogens is 3. The van der Waals surface area contributed by atoms with Crippen LogP contribution in [0.5, 0.6) is 0 Å². The van der Waals surface area contributed by atoms with E-state index in [1.165, 1.54) is 10.8 Å². The highest BCUT2D eigenvalue weighted by molar-refractivity contribution is 7.51. The molecule has 2 aromatic heterocycles. The Labute approximate surface area is 217 Å². The topological polar surface area (TPSA) is 137 Å². The van der Waals surface area contributed by atoms with E-state index in [2.05, 4.69) is 15.3 Å². The molecule has 0 amide bonds. The van der Waals surface area contributed by atoms with Gasteiger partial charge in [-0.3, -0.25) is 4.57 Å². The van der Waals surface area contributed by atoms with Gasteiger partial charge in [-0.2, -0.15) is 9.97 Å². The van der Waals surface area contributed by atoms with Gasteiger partial charge >= 0.3 is 7.60 Å². The van der Waals surface area contributed by atoms with Gasteiger partial charge in [-0.1, -0.05) is 30.3 Å². The molecule has 2 aliphatic rings. The summed E-state index contributed by atoms with van der Waals surface area (Å²) >= 11 is 6.25. The zero-order valence-electron chi connectivity index (χ0n) is 20.2.